The van der Waals surface area contributed by atoms with Gasteiger partial charge in [0, 0.05) is 51.6 Å². The van der Waals surface area contributed by atoms with Crippen LogP contribution in [0, 0.1) is 6.92 Å². The number of anilines is 3. The van der Waals surface area contributed by atoms with Gasteiger partial charge >= 0.3 is 6.18 Å². The fourth-order valence-corrected chi connectivity index (χ4v) is 4.95. The van der Waals surface area contributed by atoms with Crippen LogP contribution in [0.5, 0.6) is 0 Å². The Morgan fingerprint density at radius 2 is 1.73 bits per heavy atom. The number of rotatable bonds is 6. The van der Waals surface area contributed by atoms with E-state index in [4.69, 9.17) is 0 Å². The van der Waals surface area contributed by atoms with Crippen molar-refractivity contribution >= 4 is 33.0 Å². The first-order valence-corrected chi connectivity index (χ1v) is 12.0. The molecule has 0 aromatic heterocycles. The Labute approximate surface area is 191 Å². The van der Waals surface area contributed by atoms with Gasteiger partial charge in [0.25, 0.3) is 0 Å². The van der Waals surface area contributed by atoms with Crippen molar-refractivity contribution in [2.75, 3.05) is 61.1 Å². The lowest BCUT2D eigenvalue weighted by Crippen LogP contribution is -2.50. The van der Waals surface area contributed by atoms with Crippen LogP contribution < -0.4 is 15.1 Å². The second kappa shape index (κ2) is 9.60. The van der Waals surface area contributed by atoms with E-state index < -0.39 is 39.1 Å². The molecule has 1 N–H and O–H groups in total. The third-order valence-electron chi connectivity index (χ3n) is 5.41. The number of piperazine rings is 1. The van der Waals surface area contributed by atoms with Gasteiger partial charge in [0.1, 0.15) is 5.75 Å². The summed E-state index contributed by atoms with van der Waals surface area (Å²) in [6.07, 6.45) is -4.71. The minimum atomic E-state index is -4.71. The average molecular weight is 485 g/mol. The van der Waals surface area contributed by atoms with Gasteiger partial charge in [-0.2, -0.15) is 17.5 Å². The van der Waals surface area contributed by atoms with Crippen LogP contribution in [0.1, 0.15) is 11.1 Å². The number of nitrogens with one attached hydrogen (secondary N) is 1. The molecule has 1 aliphatic rings. The molecule has 3 rings (SSSR count). The number of carbonyl (C=O) groups excluding carboxylic acids is 1. The molecule has 1 saturated heterocycles. The van der Waals surface area contributed by atoms with Crippen LogP contribution >= 0.6 is 0 Å². The van der Waals surface area contributed by atoms with Gasteiger partial charge in [0.05, 0.1) is 11.3 Å². The van der Waals surface area contributed by atoms with E-state index in [1.54, 1.807) is 14.1 Å². The van der Waals surface area contributed by atoms with Gasteiger partial charge in [0.15, 0.2) is 0 Å². The SMILES string of the molecule is Cc1cccc(N2CCN(S(=O)(=O)CC(=O)Nc3ccc(N(C)C)cc3C(F)(F)F)CC2)c1. The Morgan fingerprint density at radius 1 is 1.06 bits per heavy atom. The second-order valence-electron chi connectivity index (χ2n) is 8.15. The Bertz CT molecular complexity index is 1110. The molecule has 0 atom stereocenters. The maximum absolute atomic E-state index is 13.5. The molecule has 1 aliphatic heterocycles. The number of carbonyl (C=O) groups is 1. The monoisotopic (exact) mass is 484 g/mol. The van der Waals surface area contributed by atoms with Crippen molar-refractivity contribution < 1.29 is 26.4 Å². The van der Waals surface area contributed by atoms with E-state index in [1.807, 2.05) is 31.2 Å². The smallest absolute Gasteiger partial charge is 0.378 e. The van der Waals surface area contributed by atoms with Crippen molar-refractivity contribution in [3.63, 3.8) is 0 Å². The molecule has 0 aliphatic carbocycles. The highest BCUT2D eigenvalue weighted by atomic mass is 32.2. The number of nitrogens with zero attached hydrogens (tertiary/aromatic N) is 3. The number of amides is 1. The van der Waals surface area contributed by atoms with Gasteiger partial charge in [0.2, 0.25) is 15.9 Å². The zero-order valence-corrected chi connectivity index (χ0v) is 19.5. The Balaban J connectivity index is 1.66. The van der Waals surface area contributed by atoms with Gasteiger partial charge in [-0.1, -0.05) is 12.1 Å². The fourth-order valence-electron chi connectivity index (χ4n) is 3.65. The molecule has 1 amide bonds. The number of aryl methyl sites for hydroxylation is 1. The summed E-state index contributed by atoms with van der Waals surface area (Å²) in [6, 6.07) is 11.3. The molecular weight excluding hydrogens is 457 g/mol. The van der Waals surface area contributed by atoms with Crippen molar-refractivity contribution in [1.29, 1.82) is 0 Å². The number of sulfonamides is 1. The summed E-state index contributed by atoms with van der Waals surface area (Å²) in [5.74, 6) is -1.94. The summed E-state index contributed by atoms with van der Waals surface area (Å²) in [4.78, 5) is 15.9. The minimum Gasteiger partial charge on any atom is -0.378 e. The maximum atomic E-state index is 13.5. The van der Waals surface area contributed by atoms with Crippen molar-refractivity contribution in [3.05, 3.63) is 53.6 Å². The van der Waals surface area contributed by atoms with Crippen LogP contribution in [0.25, 0.3) is 0 Å². The predicted octanol–water partition coefficient (Wildman–Crippen LogP) is 3.17. The number of alkyl halides is 3. The molecule has 1 fully saturated rings. The van der Waals surface area contributed by atoms with E-state index in [0.29, 0.717) is 18.8 Å². The quantitative estimate of drug-likeness (QED) is 0.682. The van der Waals surface area contributed by atoms with E-state index in [2.05, 4.69) is 10.2 Å². The highest BCUT2D eigenvalue weighted by Crippen LogP contribution is 2.37. The summed E-state index contributed by atoms with van der Waals surface area (Å²) < 4.78 is 67.1. The third-order valence-corrected chi connectivity index (χ3v) is 7.19. The molecule has 0 bridgehead atoms. The van der Waals surface area contributed by atoms with E-state index in [0.717, 1.165) is 23.4 Å². The van der Waals surface area contributed by atoms with Gasteiger partial charge in [-0.05, 0) is 42.8 Å². The Hall–Kier alpha value is -2.79. The molecule has 33 heavy (non-hydrogen) atoms. The number of hydrogen-bond acceptors (Lipinski definition) is 5. The predicted molar refractivity (Wildman–Crippen MR) is 123 cm³/mol. The van der Waals surface area contributed by atoms with Crippen molar-refractivity contribution in [2.45, 2.75) is 13.1 Å². The van der Waals surface area contributed by atoms with Crippen LogP contribution in [0.2, 0.25) is 0 Å². The van der Waals surface area contributed by atoms with E-state index in [-0.39, 0.29) is 13.1 Å². The topological polar surface area (TPSA) is 73.0 Å². The first-order valence-electron chi connectivity index (χ1n) is 10.3. The lowest BCUT2D eigenvalue weighted by Gasteiger charge is -2.35. The van der Waals surface area contributed by atoms with Crippen molar-refractivity contribution in [1.82, 2.24) is 4.31 Å². The Morgan fingerprint density at radius 3 is 2.30 bits per heavy atom. The standard InChI is InChI=1S/C22H27F3N4O3S/c1-16-5-4-6-18(13-16)28-9-11-29(12-10-28)33(31,32)15-21(30)26-20-8-7-17(27(2)3)14-19(20)22(23,24)25/h4-8,13-14H,9-12,15H2,1-3H3,(H,26,30). The highest BCUT2D eigenvalue weighted by Gasteiger charge is 2.35. The minimum absolute atomic E-state index is 0.189. The van der Waals surface area contributed by atoms with Gasteiger partial charge in [-0.15, -0.1) is 0 Å². The average Bonchev–Trinajstić information content (AvgIpc) is 2.72. The normalized spacial score (nSPS) is 15.4. The third kappa shape index (κ3) is 6.17. The first-order chi connectivity index (χ1) is 15.4. The molecule has 1 heterocycles. The summed E-state index contributed by atoms with van der Waals surface area (Å²) in [6.45, 7) is 3.26. The van der Waals surface area contributed by atoms with E-state index >= 15 is 0 Å². The zero-order valence-electron chi connectivity index (χ0n) is 18.7. The first kappa shape index (κ1) is 24.8. The van der Waals surface area contributed by atoms with Gasteiger partial charge in [-0.3, -0.25) is 4.79 Å². The molecule has 180 valence electrons. The second-order valence-corrected chi connectivity index (χ2v) is 10.1. The van der Waals surface area contributed by atoms with Crippen LogP contribution in [0.3, 0.4) is 0 Å². The Kier molecular flexibility index (Phi) is 7.23. The molecule has 2 aromatic rings. The van der Waals surface area contributed by atoms with Gasteiger partial charge < -0.3 is 15.1 Å². The molecule has 7 nitrogen and oxygen atoms in total. The number of hydrogen-bond donors (Lipinski definition) is 1. The van der Waals surface area contributed by atoms with Crippen LogP contribution in [0.15, 0.2) is 42.5 Å². The summed E-state index contributed by atoms with van der Waals surface area (Å²) in [5, 5.41) is 2.13. The molecule has 0 saturated carbocycles. The maximum Gasteiger partial charge on any atom is 0.418 e. The molecule has 0 radical (unpaired) electrons. The summed E-state index contributed by atoms with van der Waals surface area (Å²) in [7, 11) is -0.789. The van der Waals surface area contributed by atoms with Crippen LogP contribution in [-0.2, 0) is 21.0 Å². The molecule has 11 heteroatoms. The van der Waals surface area contributed by atoms with Gasteiger partial charge in [-0.25, -0.2) is 8.42 Å². The lowest BCUT2D eigenvalue weighted by atomic mass is 10.1. The zero-order chi connectivity index (χ0) is 24.4. The summed E-state index contributed by atoms with van der Waals surface area (Å²) >= 11 is 0. The summed E-state index contributed by atoms with van der Waals surface area (Å²) in [5.41, 5.74) is 0.880. The fraction of sp³-hybridized carbons (Fsp3) is 0.409. The van der Waals surface area contributed by atoms with E-state index in [9.17, 15) is 26.4 Å². The lowest BCUT2D eigenvalue weighted by molar-refractivity contribution is -0.136. The molecule has 2 aromatic carbocycles. The van der Waals surface area contributed by atoms with Crippen LogP contribution in [-0.4, -0.2) is 64.7 Å². The van der Waals surface area contributed by atoms with Crippen molar-refractivity contribution in [2.24, 2.45) is 0 Å². The molecule has 0 unspecified atom stereocenters. The number of benzene rings is 2. The van der Waals surface area contributed by atoms with Crippen LogP contribution in [0.4, 0.5) is 30.2 Å². The van der Waals surface area contributed by atoms with Crippen molar-refractivity contribution in [3.8, 4) is 0 Å². The highest BCUT2D eigenvalue weighted by molar-refractivity contribution is 7.89. The largest absolute Gasteiger partial charge is 0.418 e. The number of halogens is 3. The molecular formula is C22H27F3N4O3S. The molecule has 0 spiro atoms. The van der Waals surface area contributed by atoms with E-state index in [1.165, 1.54) is 15.3 Å².